The molecule has 1 heterocycles. The molecule has 1 atom stereocenters. The van der Waals surface area contributed by atoms with Gasteiger partial charge in [0.05, 0.1) is 18.9 Å². The molecule has 0 radical (unpaired) electrons. The highest BCUT2D eigenvalue weighted by atomic mass is 16.5. The molecule has 1 unspecified atom stereocenters. The molecule has 0 aliphatic carbocycles. The number of carbonyl (C=O) groups excluding carboxylic acids is 1. The van der Waals surface area contributed by atoms with E-state index in [0.29, 0.717) is 18.0 Å². The summed E-state index contributed by atoms with van der Waals surface area (Å²) in [6.45, 7) is 9.66. The van der Waals surface area contributed by atoms with Gasteiger partial charge in [0.25, 0.3) is 0 Å². The summed E-state index contributed by atoms with van der Waals surface area (Å²) in [7, 11) is 1.60. The number of ether oxygens (including phenoxy) is 1. The van der Waals surface area contributed by atoms with E-state index in [1.807, 2.05) is 18.2 Å². The molecule has 2 rings (SSSR count). The summed E-state index contributed by atoms with van der Waals surface area (Å²) in [6.07, 6.45) is 2.59. The molecule has 0 spiro atoms. The number of nitrogens with one attached hydrogen (secondary N) is 2. The summed E-state index contributed by atoms with van der Waals surface area (Å²) in [5.41, 5.74) is 1.81. The fourth-order valence-corrected chi connectivity index (χ4v) is 3.18. The molecule has 1 saturated heterocycles. The van der Waals surface area contributed by atoms with Gasteiger partial charge in [-0.15, -0.1) is 0 Å². The third kappa shape index (κ3) is 6.18. The Morgan fingerprint density at radius 1 is 1.38 bits per heavy atom. The van der Waals surface area contributed by atoms with Crippen LogP contribution in [-0.2, 0) is 5.41 Å². The number of hydrogen-bond donors (Lipinski definition) is 3. The number of amides is 2. The fraction of sp³-hybridized carbons (Fsp3) is 0.650. The van der Waals surface area contributed by atoms with E-state index in [2.05, 4.69) is 36.3 Å². The van der Waals surface area contributed by atoms with Crippen molar-refractivity contribution in [2.24, 2.45) is 0 Å². The number of aliphatic hydroxyl groups is 1. The van der Waals surface area contributed by atoms with Crippen LogP contribution in [0.3, 0.4) is 0 Å². The standard InChI is InChI=1S/C20H33N3O3/c1-20(2,3)15-8-9-18(26-4)17(13-15)22-19(25)21-10-6-12-23-11-5-7-16(24)14-23/h8-9,13,16,24H,5-7,10-12,14H2,1-4H3,(H2,21,22,25). The number of benzene rings is 1. The number of rotatable bonds is 6. The number of anilines is 1. The zero-order valence-electron chi connectivity index (χ0n) is 16.5. The summed E-state index contributed by atoms with van der Waals surface area (Å²) >= 11 is 0. The van der Waals surface area contributed by atoms with Crippen molar-refractivity contribution in [1.29, 1.82) is 0 Å². The Bertz CT molecular complexity index is 598. The molecule has 6 nitrogen and oxygen atoms in total. The Hall–Kier alpha value is -1.79. The smallest absolute Gasteiger partial charge is 0.319 e. The highest BCUT2D eigenvalue weighted by Crippen LogP contribution is 2.31. The van der Waals surface area contributed by atoms with E-state index < -0.39 is 0 Å². The normalized spacial score (nSPS) is 18.4. The van der Waals surface area contributed by atoms with Gasteiger partial charge in [0.15, 0.2) is 0 Å². The van der Waals surface area contributed by atoms with Gasteiger partial charge in [0, 0.05) is 13.1 Å². The highest BCUT2D eigenvalue weighted by molar-refractivity contribution is 5.91. The zero-order chi connectivity index (χ0) is 19.2. The molecule has 146 valence electrons. The molecule has 26 heavy (non-hydrogen) atoms. The summed E-state index contributed by atoms with van der Waals surface area (Å²) in [4.78, 5) is 14.5. The maximum Gasteiger partial charge on any atom is 0.319 e. The summed E-state index contributed by atoms with van der Waals surface area (Å²) in [5, 5.41) is 15.5. The molecule has 1 aromatic rings. The lowest BCUT2D eigenvalue weighted by atomic mass is 9.87. The van der Waals surface area contributed by atoms with Crippen LogP contribution in [0.5, 0.6) is 5.75 Å². The Balaban J connectivity index is 1.81. The lowest BCUT2D eigenvalue weighted by Crippen LogP contribution is -2.40. The first kappa shape index (κ1) is 20.5. The molecule has 1 aliphatic rings. The van der Waals surface area contributed by atoms with Crippen LogP contribution in [0.4, 0.5) is 10.5 Å². The second kappa shape index (κ2) is 9.24. The van der Waals surface area contributed by atoms with E-state index >= 15 is 0 Å². The molecule has 1 fully saturated rings. The third-order valence-electron chi connectivity index (χ3n) is 4.73. The van der Waals surface area contributed by atoms with Crippen molar-refractivity contribution in [3.63, 3.8) is 0 Å². The molecule has 3 N–H and O–H groups in total. The lowest BCUT2D eigenvalue weighted by molar-refractivity contribution is 0.0703. The topological polar surface area (TPSA) is 73.8 Å². The minimum absolute atomic E-state index is 0.00180. The minimum atomic E-state index is -0.229. The Morgan fingerprint density at radius 2 is 2.15 bits per heavy atom. The number of β-amino-alcohol motifs (C(OH)–C–C–N with tert-alkyl or cyclic N) is 1. The number of methoxy groups -OCH3 is 1. The van der Waals surface area contributed by atoms with Gasteiger partial charge in [-0.1, -0.05) is 26.8 Å². The molecule has 1 aromatic carbocycles. The van der Waals surface area contributed by atoms with Gasteiger partial charge in [-0.2, -0.15) is 0 Å². The average Bonchev–Trinajstić information content (AvgIpc) is 2.58. The Morgan fingerprint density at radius 3 is 2.81 bits per heavy atom. The molecular formula is C20H33N3O3. The minimum Gasteiger partial charge on any atom is -0.495 e. The molecule has 2 amide bonds. The fourth-order valence-electron chi connectivity index (χ4n) is 3.18. The quantitative estimate of drug-likeness (QED) is 0.680. The average molecular weight is 364 g/mol. The second-order valence-electron chi connectivity index (χ2n) is 8.00. The first-order valence-electron chi connectivity index (χ1n) is 9.43. The largest absolute Gasteiger partial charge is 0.495 e. The van der Waals surface area contributed by atoms with Gasteiger partial charge in [0.2, 0.25) is 0 Å². The van der Waals surface area contributed by atoms with E-state index in [0.717, 1.165) is 44.5 Å². The lowest BCUT2D eigenvalue weighted by Gasteiger charge is -2.29. The molecule has 1 aliphatic heterocycles. The van der Waals surface area contributed by atoms with Crippen LogP contribution in [-0.4, -0.2) is 55.4 Å². The molecule has 6 heteroatoms. The van der Waals surface area contributed by atoms with Crippen molar-refractivity contribution in [2.75, 3.05) is 38.6 Å². The SMILES string of the molecule is COc1ccc(C(C)(C)C)cc1NC(=O)NCCCN1CCCC(O)C1. The maximum absolute atomic E-state index is 12.2. The number of likely N-dealkylation sites (tertiary alicyclic amines) is 1. The van der Waals surface area contributed by atoms with Crippen molar-refractivity contribution >= 4 is 11.7 Å². The Labute approximate surface area is 156 Å². The molecule has 0 bridgehead atoms. The van der Waals surface area contributed by atoms with Crippen molar-refractivity contribution in [3.05, 3.63) is 23.8 Å². The van der Waals surface area contributed by atoms with E-state index in [-0.39, 0.29) is 17.6 Å². The number of hydrogen-bond acceptors (Lipinski definition) is 4. The molecule has 0 aromatic heterocycles. The van der Waals surface area contributed by atoms with E-state index in [1.165, 1.54) is 0 Å². The van der Waals surface area contributed by atoms with Crippen molar-refractivity contribution < 1.29 is 14.6 Å². The van der Waals surface area contributed by atoms with Gasteiger partial charge in [0.1, 0.15) is 5.75 Å². The van der Waals surface area contributed by atoms with E-state index in [1.54, 1.807) is 7.11 Å². The van der Waals surface area contributed by atoms with Crippen LogP contribution in [0, 0.1) is 0 Å². The first-order valence-corrected chi connectivity index (χ1v) is 9.43. The van der Waals surface area contributed by atoms with Crippen LogP contribution >= 0.6 is 0 Å². The molecular weight excluding hydrogens is 330 g/mol. The van der Waals surface area contributed by atoms with E-state index in [4.69, 9.17) is 4.74 Å². The maximum atomic E-state index is 12.2. The molecule has 0 saturated carbocycles. The number of carbonyl (C=O) groups is 1. The summed E-state index contributed by atoms with van der Waals surface area (Å²) in [6, 6.07) is 5.65. The predicted molar refractivity (Wildman–Crippen MR) is 105 cm³/mol. The number of urea groups is 1. The van der Waals surface area contributed by atoms with Crippen LogP contribution in [0.15, 0.2) is 18.2 Å². The number of aliphatic hydroxyl groups excluding tert-OH is 1. The van der Waals surface area contributed by atoms with Gasteiger partial charge in [-0.05, 0) is 55.5 Å². The van der Waals surface area contributed by atoms with Crippen LogP contribution in [0.25, 0.3) is 0 Å². The number of nitrogens with zero attached hydrogens (tertiary/aromatic N) is 1. The first-order chi connectivity index (χ1) is 12.3. The summed E-state index contributed by atoms with van der Waals surface area (Å²) in [5.74, 6) is 0.649. The Kier molecular flexibility index (Phi) is 7.29. The van der Waals surface area contributed by atoms with E-state index in [9.17, 15) is 9.90 Å². The zero-order valence-corrected chi connectivity index (χ0v) is 16.5. The second-order valence-corrected chi connectivity index (χ2v) is 8.00. The predicted octanol–water partition coefficient (Wildman–Crippen LogP) is 2.96. The number of piperidine rings is 1. The van der Waals surface area contributed by atoms with Crippen LogP contribution in [0.1, 0.15) is 45.6 Å². The van der Waals surface area contributed by atoms with Crippen LogP contribution in [0.2, 0.25) is 0 Å². The van der Waals surface area contributed by atoms with Gasteiger partial charge in [-0.25, -0.2) is 4.79 Å². The van der Waals surface area contributed by atoms with Crippen molar-refractivity contribution in [1.82, 2.24) is 10.2 Å². The monoisotopic (exact) mass is 363 g/mol. The van der Waals surface area contributed by atoms with Gasteiger partial charge in [-0.3, -0.25) is 0 Å². The van der Waals surface area contributed by atoms with Gasteiger partial charge >= 0.3 is 6.03 Å². The van der Waals surface area contributed by atoms with Gasteiger partial charge < -0.3 is 25.4 Å². The highest BCUT2D eigenvalue weighted by Gasteiger charge is 2.18. The van der Waals surface area contributed by atoms with Crippen molar-refractivity contribution in [3.8, 4) is 5.75 Å². The van der Waals surface area contributed by atoms with Crippen molar-refractivity contribution in [2.45, 2.75) is 51.6 Å². The van der Waals surface area contributed by atoms with Crippen LogP contribution < -0.4 is 15.4 Å². The third-order valence-corrected chi connectivity index (χ3v) is 4.73. The summed E-state index contributed by atoms with van der Waals surface area (Å²) < 4.78 is 5.36.